The second kappa shape index (κ2) is 5.28. The van der Waals surface area contributed by atoms with E-state index in [9.17, 15) is 14.7 Å². The van der Waals surface area contributed by atoms with Crippen molar-refractivity contribution in [1.82, 2.24) is 4.90 Å². The Morgan fingerprint density at radius 2 is 2.13 bits per heavy atom. The van der Waals surface area contributed by atoms with Crippen molar-refractivity contribution < 1.29 is 19.4 Å². The van der Waals surface area contributed by atoms with E-state index in [4.69, 9.17) is 4.74 Å². The predicted molar refractivity (Wildman–Crippen MR) is 83.6 cm³/mol. The van der Waals surface area contributed by atoms with Crippen LogP contribution in [0.25, 0.3) is 0 Å². The summed E-state index contributed by atoms with van der Waals surface area (Å²) >= 11 is 0. The van der Waals surface area contributed by atoms with Crippen molar-refractivity contribution in [3.63, 3.8) is 0 Å². The molecule has 0 amide bonds. The highest BCUT2D eigenvalue weighted by atomic mass is 16.5. The molecular formula is C18H27NO4. The number of rotatable bonds is 1. The third kappa shape index (κ3) is 2.05. The molecular weight excluding hydrogens is 294 g/mol. The second-order valence-electron chi connectivity index (χ2n) is 8.14. The molecule has 0 unspecified atom stereocenters. The van der Waals surface area contributed by atoms with Crippen LogP contribution in [0.2, 0.25) is 0 Å². The number of aliphatic hydroxyl groups is 1. The molecule has 5 nitrogen and oxygen atoms in total. The first kappa shape index (κ1) is 15.6. The van der Waals surface area contributed by atoms with Gasteiger partial charge in [0.05, 0.1) is 6.10 Å². The molecule has 7 atom stereocenters. The van der Waals surface area contributed by atoms with Crippen molar-refractivity contribution in [2.24, 2.45) is 23.7 Å². The van der Waals surface area contributed by atoms with Gasteiger partial charge in [-0.2, -0.15) is 0 Å². The lowest BCUT2D eigenvalue weighted by molar-refractivity contribution is -0.225. The number of hydrogen-bond donors (Lipinski definition) is 1. The van der Waals surface area contributed by atoms with E-state index in [2.05, 4.69) is 11.8 Å². The van der Waals surface area contributed by atoms with Gasteiger partial charge in [0, 0.05) is 43.2 Å². The molecule has 2 aliphatic heterocycles. The maximum atomic E-state index is 12.9. The van der Waals surface area contributed by atoms with Crippen LogP contribution in [0.1, 0.15) is 46.0 Å². The minimum absolute atomic E-state index is 0.0256. The van der Waals surface area contributed by atoms with Crippen LogP contribution in [-0.4, -0.2) is 52.6 Å². The van der Waals surface area contributed by atoms with Gasteiger partial charge in [-0.1, -0.05) is 6.92 Å². The average molecular weight is 321 g/mol. The highest BCUT2D eigenvalue weighted by Crippen LogP contribution is 2.59. The first-order chi connectivity index (χ1) is 10.9. The molecule has 4 rings (SSSR count). The van der Waals surface area contributed by atoms with Crippen molar-refractivity contribution >= 4 is 11.8 Å². The Kier molecular flexibility index (Phi) is 3.58. The fraction of sp³-hybridized carbons (Fsp3) is 0.889. The molecule has 0 aromatic carbocycles. The van der Waals surface area contributed by atoms with Crippen LogP contribution in [0.5, 0.6) is 0 Å². The molecule has 2 heterocycles. The molecule has 2 bridgehead atoms. The fourth-order valence-electron chi connectivity index (χ4n) is 6.50. The molecule has 0 radical (unpaired) electrons. The molecule has 4 fully saturated rings. The molecule has 2 saturated carbocycles. The van der Waals surface area contributed by atoms with E-state index >= 15 is 0 Å². The zero-order valence-corrected chi connectivity index (χ0v) is 14.0. The number of piperidine rings is 2. The molecule has 23 heavy (non-hydrogen) atoms. The smallest absolute Gasteiger partial charge is 0.302 e. The van der Waals surface area contributed by atoms with Crippen molar-refractivity contribution in [3.8, 4) is 0 Å². The molecule has 0 aromatic rings. The molecule has 1 spiro atoms. The third-order valence-corrected chi connectivity index (χ3v) is 7.02. The van der Waals surface area contributed by atoms with Gasteiger partial charge >= 0.3 is 5.97 Å². The Morgan fingerprint density at radius 3 is 2.87 bits per heavy atom. The van der Waals surface area contributed by atoms with Gasteiger partial charge in [0.15, 0.2) is 0 Å². The lowest BCUT2D eigenvalue weighted by atomic mass is 9.47. The normalized spacial score (nSPS) is 49.4. The highest BCUT2D eigenvalue weighted by Gasteiger charge is 2.67. The number of ether oxygens (including phenoxy) is 1. The van der Waals surface area contributed by atoms with Crippen LogP contribution in [0.15, 0.2) is 0 Å². The number of carbonyl (C=O) groups excluding carboxylic acids is 2. The quantitative estimate of drug-likeness (QED) is 0.739. The Hall–Kier alpha value is -0.940. The number of esters is 1. The van der Waals surface area contributed by atoms with Crippen molar-refractivity contribution in [1.29, 1.82) is 0 Å². The van der Waals surface area contributed by atoms with Gasteiger partial charge in [-0.15, -0.1) is 0 Å². The summed E-state index contributed by atoms with van der Waals surface area (Å²) in [6.07, 6.45) is 3.51. The Morgan fingerprint density at radius 1 is 1.35 bits per heavy atom. The maximum Gasteiger partial charge on any atom is 0.302 e. The zero-order valence-electron chi connectivity index (χ0n) is 14.0. The number of hydrogen-bond acceptors (Lipinski definition) is 5. The van der Waals surface area contributed by atoms with E-state index in [1.165, 1.54) is 6.92 Å². The Bertz CT molecular complexity index is 535. The zero-order chi connectivity index (χ0) is 16.4. The summed E-state index contributed by atoms with van der Waals surface area (Å²) in [5.41, 5.74) is -0.189. The van der Waals surface area contributed by atoms with Crippen molar-refractivity contribution in [3.05, 3.63) is 0 Å². The lowest BCUT2D eigenvalue weighted by Gasteiger charge is -2.67. The second-order valence-corrected chi connectivity index (χ2v) is 8.14. The topological polar surface area (TPSA) is 66.8 Å². The van der Waals surface area contributed by atoms with E-state index in [0.29, 0.717) is 12.2 Å². The SMILES string of the molecule is CC(=O)O[C@H]1[C@H]2CC(=O)[C@H]3CCCN4CC[C@H](O)[C@H]2[C@]34C[C@@H]1C. The van der Waals surface area contributed by atoms with Crippen molar-refractivity contribution in [2.75, 3.05) is 13.1 Å². The number of aliphatic hydroxyl groups excluding tert-OH is 1. The molecule has 5 heteroatoms. The van der Waals surface area contributed by atoms with E-state index in [0.717, 1.165) is 38.8 Å². The van der Waals surface area contributed by atoms with Crippen LogP contribution >= 0.6 is 0 Å². The summed E-state index contributed by atoms with van der Waals surface area (Å²) in [4.78, 5) is 26.9. The standard InChI is InChI=1S/C18H27NO4/c1-10-9-18-13-4-3-6-19(18)7-5-14(21)16(18)12(8-15(13)22)17(10)23-11(2)20/h10,12-14,16-17,21H,3-9H2,1-2H3/t10-,12-,13+,14-,16-,17+,18-/m0/s1. The Balaban J connectivity index is 1.79. The number of carbonyl (C=O) groups is 2. The van der Waals surface area contributed by atoms with E-state index in [1.807, 2.05) is 0 Å². The summed E-state index contributed by atoms with van der Waals surface area (Å²) in [5, 5.41) is 10.8. The molecule has 0 aromatic heterocycles. The summed E-state index contributed by atoms with van der Waals surface area (Å²) in [5.74, 6) is 0.393. The van der Waals surface area contributed by atoms with Gasteiger partial charge in [0.1, 0.15) is 11.9 Å². The molecule has 2 saturated heterocycles. The monoisotopic (exact) mass is 321 g/mol. The molecule has 2 aliphatic carbocycles. The summed E-state index contributed by atoms with van der Waals surface area (Å²) in [6, 6.07) is 0. The third-order valence-electron chi connectivity index (χ3n) is 7.02. The van der Waals surface area contributed by atoms with Gasteiger partial charge in [0.25, 0.3) is 0 Å². The van der Waals surface area contributed by atoms with E-state index in [-0.39, 0.29) is 47.4 Å². The lowest BCUT2D eigenvalue weighted by Crippen LogP contribution is -2.76. The number of Topliss-reactive ketones (excluding diaryl/α,β-unsaturated/α-hetero) is 1. The van der Waals surface area contributed by atoms with Gasteiger partial charge in [-0.25, -0.2) is 0 Å². The first-order valence-electron chi connectivity index (χ1n) is 9.08. The summed E-state index contributed by atoms with van der Waals surface area (Å²) < 4.78 is 5.63. The van der Waals surface area contributed by atoms with E-state index in [1.54, 1.807) is 0 Å². The fourth-order valence-corrected chi connectivity index (χ4v) is 6.50. The van der Waals surface area contributed by atoms with Crippen LogP contribution in [-0.2, 0) is 14.3 Å². The predicted octanol–water partition coefficient (Wildman–Crippen LogP) is 1.38. The van der Waals surface area contributed by atoms with Crippen molar-refractivity contribution in [2.45, 2.75) is 63.7 Å². The largest absolute Gasteiger partial charge is 0.462 e. The van der Waals surface area contributed by atoms with Gasteiger partial charge in [-0.3, -0.25) is 14.5 Å². The molecule has 4 aliphatic rings. The summed E-state index contributed by atoms with van der Waals surface area (Å²) in [7, 11) is 0. The van der Waals surface area contributed by atoms with Crippen LogP contribution in [0, 0.1) is 23.7 Å². The van der Waals surface area contributed by atoms with Crippen LogP contribution < -0.4 is 0 Å². The van der Waals surface area contributed by atoms with Crippen LogP contribution in [0.4, 0.5) is 0 Å². The number of nitrogens with zero attached hydrogens (tertiary/aromatic N) is 1. The van der Waals surface area contributed by atoms with Gasteiger partial charge < -0.3 is 9.84 Å². The first-order valence-corrected chi connectivity index (χ1v) is 9.08. The minimum atomic E-state index is -0.379. The molecule has 1 N–H and O–H groups in total. The number of ketones is 1. The van der Waals surface area contributed by atoms with E-state index < -0.39 is 0 Å². The average Bonchev–Trinajstić information content (AvgIpc) is 2.48. The van der Waals surface area contributed by atoms with Crippen LogP contribution in [0.3, 0.4) is 0 Å². The maximum absolute atomic E-state index is 12.9. The highest BCUT2D eigenvalue weighted by molar-refractivity contribution is 5.84. The van der Waals surface area contributed by atoms with Gasteiger partial charge in [-0.05, 0) is 38.1 Å². The summed E-state index contributed by atoms with van der Waals surface area (Å²) in [6.45, 7) is 5.50. The Labute approximate surface area is 137 Å². The van der Waals surface area contributed by atoms with Gasteiger partial charge in [0.2, 0.25) is 0 Å². The minimum Gasteiger partial charge on any atom is -0.462 e. The molecule has 128 valence electrons.